The fourth-order valence-corrected chi connectivity index (χ4v) is 15.6. The van der Waals surface area contributed by atoms with Gasteiger partial charge in [0.1, 0.15) is 37.1 Å². The van der Waals surface area contributed by atoms with Gasteiger partial charge in [0, 0.05) is 196 Å². The van der Waals surface area contributed by atoms with E-state index < -0.39 is 19.7 Å². The molecule has 28 heteroatoms. The lowest BCUT2D eigenvalue weighted by Gasteiger charge is -2.36. The summed E-state index contributed by atoms with van der Waals surface area (Å²) in [6.45, 7) is 0.774. The van der Waals surface area contributed by atoms with Gasteiger partial charge in [0.05, 0.1) is 54.8 Å². The summed E-state index contributed by atoms with van der Waals surface area (Å²) in [5, 5.41) is 46.0. The van der Waals surface area contributed by atoms with E-state index in [9.17, 15) is 21.9 Å². The summed E-state index contributed by atoms with van der Waals surface area (Å²) in [6, 6.07) is 24.8. The van der Waals surface area contributed by atoms with E-state index in [2.05, 4.69) is 86.8 Å². The van der Waals surface area contributed by atoms with Crippen molar-refractivity contribution in [3.05, 3.63) is 166 Å². The molecular formula is C73H83N21O5S2. The Labute approximate surface area is 587 Å². The average molecular weight is 1400 g/mol. The molecule has 0 aliphatic heterocycles. The van der Waals surface area contributed by atoms with E-state index in [-0.39, 0.29) is 41.5 Å². The van der Waals surface area contributed by atoms with Gasteiger partial charge in [0.25, 0.3) is 0 Å². The number of rotatable bonds is 20. The predicted molar refractivity (Wildman–Crippen MR) is 392 cm³/mol. The molecule has 0 saturated heterocycles. The number of benzene rings is 3. The van der Waals surface area contributed by atoms with Crippen LogP contribution in [0.15, 0.2) is 166 Å². The summed E-state index contributed by atoms with van der Waals surface area (Å²) in [5.74, 6) is 5.58. The van der Waals surface area contributed by atoms with Crippen molar-refractivity contribution in [1.29, 1.82) is 0 Å². The van der Waals surface area contributed by atoms with Crippen LogP contribution >= 0.6 is 0 Å². The fourth-order valence-electron chi connectivity index (χ4n) is 13.3. The highest BCUT2D eigenvalue weighted by atomic mass is 32.2. The Hall–Kier alpha value is -10.6. The van der Waals surface area contributed by atoms with Crippen molar-refractivity contribution in [1.82, 2.24) is 88.6 Å². The molecule has 3 aromatic carbocycles. The van der Waals surface area contributed by atoms with E-state index in [1.165, 1.54) is 12.5 Å². The number of hydrogen-bond donors (Lipinski definition) is 4. The van der Waals surface area contributed by atoms with Crippen LogP contribution in [-0.4, -0.2) is 159 Å². The van der Waals surface area contributed by atoms with Crippen molar-refractivity contribution in [3.63, 3.8) is 0 Å². The number of sulfone groups is 2. The van der Waals surface area contributed by atoms with Gasteiger partial charge in [-0.15, -0.1) is 0 Å². The van der Waals surface area contributed by atoms with Crippen LogP contribution in [0, 0.1) is 17.8 Å². The Morgan fingerprint density at radius 1 is 0.386 bits per heavy atom. The van der Waals surface area contributed by atoms with Crippen molar-refractivity contribution in [2.24, 2.45) is 60.0 Å². The molecule has 0 spiro atoms. The van der Waals surface area contributed by atoms with Gasteiger partial charge in [-0.1, -0.05) is 54.6 Å². The minimum absolute atomic E-state index is 0.166. The molecule has 0 atom stereocenters. The molecule has 9 heterocycles. The zero-order valence-corrected chi connectivity index (χ0v) is 59.4. The molecule has 26 nitrogen and oxygen atoms in total. The lowest BCUT2D eigenvalue weighted by molar-refractivity contribution is 0.0486. The molecule has 0 unspecified atom stereocenters. The van der Waals surface area contributed by atoms with Crippen molar-refractivity contribution >= 4 is 37.1 Å². The molecule has 4 N–H and O–H groups in total. The van der Waals surface area contributed by atoms with Crippen LogP contribution < -0.4 is 16.0 Å². The largest absolute Gasteiger partial charge is 0.393 e. The zero-order valence-electron chi connectivity index (χ0n) is 57.8. The Morgan fingerprint density at radius 3 is 1.06 bits per heavy atom. The van der Waals surface area contributed by atoms with Crippen LogP contribution in [0.25, 0.3) is 101 Å². The van der Waals surface area contributed by atoms with Gasteiger partial charge in [0.15, 0.2) is 17.5 Å². The average Bonchev–Trinajstić information content (AvgIpc) is 1.76. The first-order chi connectivity index (χ1) is 48.5. The van der Waals surface area contributed by atoms with Crippen LogP contribution in [-0.2, 0) is 62.0 Å². The number of aliphatic hydroxyl groups is 1. The van der Waals surface area contributed by atoms with Gasteiger partial charge in [-0.25, -0.2) is 46.7 Å². The number of aryl methyl sites for hydroxylation is 6. The number of aromatic nitrogens is 18. The first-order valence-corrected chi connectivity index (χ1v) is 37.8. The second-order valence-corrected chi connectivity index (χ2v) is 31.5. The van der Waals surface area contributed by atoms with E-state index in [4.69, 9.17) is 19.9 Å². The Bertz CT molecular complexity index is 5110. The summed E-state index contributed by atoms with van der Waals surface area (Å²) in [5.41, 5.74) is 14.6. The molecule has 3 saturated carbocycles. The third-order valence-electron chi connectivity index (χ3n) is 18.5. The molecule has 12 aromatic rings. The zero-order chi connectivity index (χ0) is 70.5. The molecule has 101 heavy (non-hydrogen) atoms. The topological polar surface area (TPSA) is 309 Å². The third kappa shape index (κ3) is 17.5. The summed E-state index contributed by atoms with van der Waals surface area (Å²) in [6.07, 6.45) is 37.6. The molecular weight excluding hydrogens is 1320 g/mol. The summed E-state index contributed by atoms with van der Waals surface area (Å²) < 4.78 is 57.3. The number of anilines is 3. The highest BCUT2D eigenvalue weighted by molar-refractivity contribution is 7.90. The van der Waals surface area contributed by atoms with Crippen LogP contribution in [0.1, 0.15) is 51.4 Å². The predicted octanol–water partition coefficient (Wildman–Crippen LogP) is 10.3. The van der Waals surface area contributed by atoms with Crippen molar-refractivity contribution < 1.29 is 21.9 Å². The number of hydrogen-bond acceptors (Lipinski definition) is 20. The van der Waals surface area contributed by atoms with Gasteiger partial charge in [-0.3, -0.25) is 28.1 Å². The molecule has 3 aliphatic carbocycles. The Morgan fingerprint density at radius 2 is 0.713 bits per heavy atom. The van der Waals surface area contributed by atoms with Crippen molar-refractivity contribution in [2.45, 2.75) is 69.6 Å². The molecule has 522 valence electrons. The molecule has 0 bridgehead atoms. The molecule has 3 aliphatic rings. The van der Waals surface area contributed by atoms with E-state index >= 15 is 0 Å². The maximum atomic E-state index is 11.7. The van der Waals surface area contributed by atoms with E-state index in [1.807, 2.05) is 172 Å². The van der Waals surface area contributed by atoms with Crippen LogP contribution in [0.4, 0.5) is 17.5 Å². The highest BCUT2D eigenvalue weighted by Gasteiger charge is 2.33. The van der Waals surface area contributed by atoms with Gasteiger partial charge in [-0.05, 0) is 104 Å². The monoisotopic (exact) mass is 1400 g/mol. The van der Waals surface area contributed by atoms with Gasteiger partial charge >= 0.3 is 0 Å². The number of nitrogens with zero attached hydrogens (tertiary/aromatic N) is 18. The molecule has 15 rings (SSSR count). The lowest BCUT2D eigenvalue weighted by Crippen LogP contribution is -2.39. The lowest BCUT2D eigenvalue weighted by atomic mass is 9.81. The van der Waals surface area contributed by atoms with E-state index in [0.29, 0.717) is 23.4 Å². The minimum Gasteiger partial charge on any atom is -0.393 e. The van der Waals surface area contributed by atoms with Crippen molar-refractivity contribution in [3.8, 4) is 101 Å². The summed E-state index contributed by atoms with van der Waals surface area (Å²) in [7, 11) is 5.44. The standard InChI is InChI=1S/C26H31N7O2S.C24H27N7O2S.C23H25N7O/c1-32-15-21(12-28-32)19-5-4-6-20(11-19)25-27-14-24(22-13-29-33(2)16-22)26(31-25)30-23-9-7-18(8-10-23)17-36(3,34)35;1-30-13-19(10-26-30)17-5-4-6-18(9-17)23-25-12-22(20-11-27-31(2)14-20)24(29-23)28-21-7-16(8-21)15-34(3,32)33;1-29-13-18(10-26-29)16-4-3-5-17(8-16)22-25-12-21(19-11-27-30(2)14-19)23(28-22)24-9-15-6-20(31)7-15/h4-6,11-16,18,23H,7-10,17H2,1-3H3,(H,27,30,31);4-6,9-14,16,21H,7-8,15H2,1-3H3,(H,25,28,29);3-5,8,10-15,20,31H,6-7,9H2,1-2H3,(H,24,25,28). The molecule has 3 fully saturated rings. The minimum atomic E-state index is -2.97. The first-order valence-electron chi connectivity index (χ1n) is 33.7. The third-order valence-corrected chi connectivity index (χ3v) is 20.7. The Kier molecular flexibility index (Phi) is 20.3. The maximum Gasteiger partial charge on any atom is 0.161 e. The first kappa shape index (κ1) is 68.9. The smallest absolute Gasteiger partial charge is 0.161 e. The number of nitrogens with one attached hydrogen (secondary N) is 3. The highest BCUT2D eigenvalue weighted by Crippen LogP contribution is 2.38. The molecule has 0 amide bonds. The summed E-state index contributed by atoms with van der Waals surface area (Å²) in [4.78, 5) is 28.8. The second kappa shape index (κ2) is 29.7. The van der Waals surface area contributed by atoms with Crippen LogP contribution in [0.2, 0.25) is 0 Å². The van der Waals surface area contributed by atoms with Gasteiger partial charge in [0.2, 0.25) is 0 Å². The Balaban J connectivity index is 0.000000136. The number of aliphatic hydroxyl groups excluding tert-OH is 1. The summed E-state index contributed by atoms with van der Waals surface area (Å²) >= 11 is 0. The SMILES string of the molecule is Cn1cc(-c2cccc(-c3ncc(-c4cnn(C)c4)c(NC4CC(CS(C)(=O)=O)C4)n3)c2)cn1.Cn1cc(-c2cccc(-c3ncc(-c4cnn(C)c4)c(NC4CCC(CS(C)(=O)=O)CC4)n3)c2)cn1.Cn1cc(-c2cccc(-c3ncc(-c4cnn(C)c4)c(NCC4CC(O)C4)n3)c2)cn1. The second-order valence-electron chi connectivity index (χ2n) is 27.1. The normalized spacial score (nSPS) is 18.1. The molecule has 0 radical (unpaired) electrons. The fraction of sp³-hybridized carbons (Fsp3) is 0.342. The van der Waals surface area contributed by atoms with E-state index in [1.54, 1.807) is 34.3 Å². The quantitative estimate of drug-likeness (QED) is 0.0551. The maximum absolute atomic E-state index is 11.7. The van der Waals surface area contributed by atoms with Crippen molar-refractivity contribution in [2.75, 3.05) is 46.5 Å². The van der Waals surface area contributed by atoms with Crippen LogP contribution in [0.3, 0.4) is 0 Å². The molecule has 9 aromatic heterocycles. The van der Waals surface area contributed by atoms with Crippen LogP contribution in [0.5, 0.6) is 0 Å². The van der Waals surface area contributed by atoms with E-state index in [0.717, 1.165) is 159 Å². The van der Waals surface area contributed by atoms with Gasteiger partial charge < -0.3 is 21.1 Å². The van der Waals surface area contributed by atoms with Gasteiger partial charge in [-0.2, -0.15) is 30.6 Å².